The molecule has 1 nitrogen and oxygen atoms in total. The molecule has 3 unspecified atom stereocenters. The summed E-state index contributed by atoms with van der Waals surface area (Å²) in [5, 5.41) is 2.51. The van der Waals surface area contributed by atoms with Gasteiger partial charge in [0.2, 0.25) is 0 Å². The maximum Gasteiger partial charge on any atom is 0.0610 e. The largest absolute Gasteiger partial charge is 0.281 e. The van der Waals surface area contributed by atoms with Crippen molar-refractivity contribution in [2.75, 3.05) is 6.54 Å². The Hall–Kier alpha value is -5.27. The Morgan fingerprint density at radius 2 is 1.47 bits per heavy atom. The number of rotatable bonds is 11. The average molecular weight is 666 g/mol. The summed E-state index contributed by atoms with van der Waals surface area (Å²) in [6.07, 6.45) is 17.0. The van der Waals surface area contributed by atoms with Crippen molar-refractivity contribution in [2.24, 2.45) is 22.7 Å². The molecule has 5 aromatic rings. The minimum Gasteiger partial charge on any atom is -0.281 e. The fraction of sp³-hybridized carbons (Fsp3) is 0.220. The number of hydrogen-bond acceptors (Lipinski definition) is 1. The molecule has 256 valence electrons. The monoisotopic (exact) mass is 665 g/mol. The molecule has 0 saturated heterocycles. The quantitative estimate of drug-likeness (QED) is 0.125. The fourth-order valence-corrected chi connectivity index (χ4v) is 7.49. The first-order valence-corrected chi connectivity index (χ1v) is 18.8. The van der Waals surface area contributed by atoms with E-state index >= 15 is 0 Å². The molecule has 1 heteroatoms. The lowest BCUT2D eigenvalue weighted by molar-refractivity contribution is 0.447. The van der Waals surface area contributed by atoms with E-state index in [1.165, 1.54) is 72.1 Å². The van der Waals surface area contributed by atoms with Gasteiger partial charge in [0.25, 0.3) is 0 Å². The molecule has 5 aromatic carbocycles. The standard InChI is InChI=1S/C48H45N.C2H6/c1-5-7-16-35(6-2)34(4)44(46-32-47(46)48-23-15-28-49-48)29-33(3)38-26-27-43(42-22-14-13-21-41(42)37-18-9-8-10-19-37)45(31-38)40-25-24-36-17-11-12-20-39(36)30-40;1-2/h5,7-27,29-32,34,44,46H,6,28H2,1-4H3;1-2H3/b7-5-,33-29+,35-16+;. The third-order valence-corrected chi connectivity index (χ3v) is 10.3. The Bertz CT molecular complexity index is 2170. The second kappa shape index (κ2) is 16.6. The Morgan fingerprint density at radius 1 is 0.765 bits per heavy atom. The molecule has 0 spiro atoms. The van der Waals surface area contributed by atoms with Gasteiger partial charge in [-0.3, -0.25) is 4.99 Å². The molecule has 0 saturated carbocycles. The van der Waals surface area contributed by atoms with Crippen molar-refractivity contribution in [2.45, 2.75) is 48.0 Å². The van der Waals surface area contributed by atoms with Crippen LogP contribution >= 0.6 is 0 Å². The molecule has 1 aliphatic carbocycles. The molecule has 0 radical (unpaired) electrons. The highest BCUT2D eigenvalue weighted by Gasteiger charge is 2.38. The van der Waals surface area contributed by atoms with Gasteiger partial charge in [-0.15, -0.1) is 0 Å². The number of allylic oxidation sites excluding steroid dienone is 9. The van der Waals surface area contributed by atoms with Gasteiger partial charge in [-0.05, 0) is 111 Å². The molecule has 0 bridgehead atoms. The molecular formula is C50H51N. The SMILES string of the molecule is C/C=C\C=C(/CC)C(C)C(/C=C(\C)c1ccc(-c2ccccc2-c2ccccc2)c(-c2ccc3ccccc3c2)c1)C1C=C1C1=NCC=C1.CC. The van der Waals surface area contributed by atoms with E-state index < -0.39 is 0 Å². The number of nitrogens with zero attached hydrogens (tertiary/aromatic N) is 1. The molecule has 1 heterocycles. The van der Waals surface area contributed by atoms with Crippen molar-refractivity contribution >= 4 is 22.1 Å². The van der Waals surface area contributed by atoms with Crippen molar-refractivity contribution in [3.05, 3.63) is 175 Å². The number of fused-ring (bicyclic) bond motifs is 1. The minimum absolute atomic E-state index is 0.353. The van der Waals surface area contributed by atoms with Crippen LogP contribution in [0.1, 0.15) is 53.5 Å². The van der Waals surface area contributed by atoms with Crippen molar-refractivity contribution < 1.29 is 0 Å². The van der Waals surface area contributed by atoms with E-state index in [1.807, 2.05) is 13.8 Å². The predicted octanol–water partition coefficient (Wildman–Crippen LogP) is 14.0. The van der Waals surface area contributed by atoms with E-state index in [1.54, 1.807) is 0 Å². The first kappa shape index (κ1) is 35.6. The van der Waals surface area contributed by atoms with E-state index in [0.29, 0.717) is 17.8 Å². The minimum atomic E-state index is 0.353. The van der Waals surface area contributed by atoms with Crippen LogP contribution < -0.4 is 0 Å². The maximum atomic E-state index is 4.77. The van der Waals surface area contributed by atoms with Gasteiger partial charge in [0.1, 0.15) is 0 Å². The van der Waals surface area contributed by atoms with Crippen LogP contribution in [0.5, 0.6) is 0 Å². The maximum absolute atomic E-state index is 4.77. The van der Waals surface area contributed by atoms with E-state index in [0.717, 1.165) is 13.0 Å². The van der Waals surface area contributed by atoms with Crippen molar-refractivity contribution in [1.82, 2.24) is 0 Å². The van der Waals surface area contributed by atoms with Gasteiger partial charge < -0.3 is 0 Å². The molecule has 2 aliphatic rings. The van der Waals surface area contributed by atoms with Gasteiger partial charge >= 0.3 is 0 Å². The molecule has 0 aromatic heterocycles. The van der Waals surface area contributed by atoms with Crippen molar-refractivity contribution in [1.29, 1.82) is 0 Å². The second-order valence-electron chi connectivity index (χ2n) is 13.3. The van der Waals surface area contributed by atoms with Crippen LogP contribution in [0.15, 0.2) is 174 Å². The molecule has 0 amide bonds. The van der Waals surface area contributed by atoms with Crippen molar-refractivity contribution in [3.8, 4) is 33.4 Å². The molecule has 51 heavy (non-hydrogen) atoms. The van der Waals surface area contributed by atoms with Crippen LogP contribution in [0.2, 0.25) is 0 Å². The summed E-state index contributed by atoms with van der Waals surface area (Å²) < 4.78 is 0. The Balaban J connectivity index is 0.00000220. The van der Waals surface area contributed by atoms with Crippen LogP contribution in [0.3, 0.4) is 0 Å². The zero-order valence-corrected chi connectivity index (χ0v) is 31.1. The molecular weight excluding hydrogens is 615 g/mol. The van der Waals surface area contributed by atoms with Crippen LogP contribution in [-0.2, 0) is 0 Å². The normalized spacial score (nSPS) is 16.8. The summed E-state index contributed by atoms with van der Waals surface area (Å²) in [5.74, 6) is 1.16. The van der Waals surface area contributed by atoms with Gasteiger partial charge in [-0.1, -0.05) is 173 Å². The van der Waals surface area contributed by atoms with E-state index in [9.17, 15) is 0 Å². The second-order valence-corrected chi connectivity index (χ2v) is 13.3. The van der Waals surface area contributed by atoms with E-state index in [-0.39, 0.29) is 0 Å². The summed E-state index contributed by atoms with van der Waals surface area (Å²) in [6.45, 7) is 13.9. The summed E-state index contributed by atoms with van der Waals surface area (Å²) >= 11 is 0. The van der Waals surface area contributed by atoms with E-state index in [2.05, 4.69) is 185 Å². The first-order chi connectivity index (χ1) is 25.1. The third-order valence-electron chi connectivity index (χ3n) is 10.3. The molecule has 0 N–H and O–H groups in total. The van der Waals surface area contributed by atoms with Gasteiger partial charge in [0, 0.05) is 5.92 Å². The van der Waals surface area contributed by atoms with Gasteiger partial charge in [-0.2, -0.15) is 0 Å². The lowest BCUT2D eigenvalue weighted by Gasteiger charge is -2.25. The highest BCUT2D eigenvalue weighted by atomic mass is 14.8. The molecule has 3 atom stereocenters. The van der Waals surface area contributed by atoms with Crippen molar-refractivity contribution in [3.63, 3.8) is 0 Å². The Morgan fingerprint density at radius 3 is 2.20 bits per heavy atom. The topological polar surface area (TPSA) is 12.4 Å². The zero-order valence-electron chi connectivity index (χ0n) is 31.1. The Labute approximate surface area is 306 Å². The fourth-order valence-electron chi connectivity index (χ4n) is 7.49. The van der Waals surface area contributed by atoms with Gasteiger partial charge in [0.05, 0.1) is 12.3 Å². The molecule has 7 rings (SSSR count). The summed E-state index contributed by atoms with van der Waals surface area (Å²) in [4.78, 5) is 4.77. The third kappa shape index (κ3) is 7.89. The Kier molecular flexibility index (Phi) is 11.6. The highest BCUT2D eigenvalue weighted by Crippen LogP contribution is 2.46. The van der Waals surface area contributed by atoms with Crippen LogP contribution in [-0.4, -0.2) is 12.3 Å². The van der Waals surface area contributed by atoms with E-state index in [4.69, 9.17) is 4.99 Å². The molecule has 1 aliphatic heterocycles. The number of aliphatic imine (C=N–C) groups is 1. The first-order valence-electron chi connectivity index (χ1n) is 18.8. The summed E-state index contributed by atoms with van der Waals surface area (Å²) in [5.41, 5.74) is 14.1. The molecule has 0 fully saturated rings. The van der Waals surface area contributed by atoms with Crippen LogP contribution in [0.4, 0.5) is 0 Å². The summed E-state index contributed by atoms with van der Waals surface area (Å²) in [6, 6.07) is 42.2. The highest BCUT2D eigenvalue weighted by molar-refractivity contribution is 6.13. The smallest absolute Gasteiger partial charge is 0.0610 e. The van der Waals surface area contributed by atoms with Crippen LogP contribution in [0, 0.1) is 17.8 Å². The summed E-state index contributed by atoms with van der Waals surface area (Å²) in [7, 11) is 0. The lowest BCUT2D eigenvalue weighted by Crippen LogP contribution is -2.17. The zero-order chi connectivity index (χ0) is 35.7. The predicted molar refractivity (Wildman–Crippen MR) is 224 cm³/mol. The van der Waals surface area contributed by atoms with Gasteiger partial charge in [0.15, 0.2) is 0 Å². The van der Waals surface area contributed by atoms with Crippen LogP contribution in [0.25, 0.3) is 49.7 Å². The lowest BCUT2D eigenvalue weighted by atomic mass is 9.79. The van der Waals surface area contributed by atoms with Gasteiger partial charge in [-0.25, -0.2) is 0 Å². The average Bonchev–Trinajstić information content (AvgIpc) is 3.79. The number of benzene rings is 5. The number of hydrogen-bond donors (Lipinski definition) is 0.